The molecule has 1 amide bonds. The third kappa shape index (κ3) is 4.87. The highest BCUT2D eigenvalue weighted by molar-refractivity contribution is 5.82. The van der Waals surface area contributed by atoms with Crippen LogP contribution in [0.4, 0.5) is 24.5 Å². The zero-order valence-electron chi connectivity index (χ0n) is 10.9. The van der Waals surface area contributed by atoms with E-state index in [1.165, 1.54) is 0 Å². The monoisotopic (exact) mass is 291 g/mol. The first-order chi connectivity index (χ1) is 9.43. The van der Waals surface area contributed by atoms with Crippen LogP contribution < -0.4 is 21.1 Å². The first-order valence-corrected chi connectivity index (χ1v) is 5.98. The van der Waals surface area contributed by atoms with Crippen molar-refractivity contribution in [1.29, 1.82) is 0 Å². The van der Waals surface area contributed by atoms with Crippen molar-refractivity contribution in [2.45, 2.75) is 20.0 Å². The molecule has 0 aliphatic heterocycles. The maximum absolute atomic E-state index is 13.3. The molecule has 20 heavy (non-hydrogen) atoms. The van der Waals surface area contributed by atoms with Gasteiger partial charge in [0.25, 0.3) is 0 Å². The van der Waals surface area contributed by atoms with Crippen LogP contribution in [0.3, 0.4) is 0 Å². The number of carbonyl (C=O) groups is 1. The van der Waals surface area contributed by atoms with Crippen molar-refractivity contribution in [2.24, 2.45) is 0 Å². The number of nitrogens with one attached hydrogen (secondary N) is 2. The Kier molecular flexibility index (Phi) is 5.95. The number of hydrogen-bond acceptors (Lipinski definition) is 4. The summed E-state index contributed by atoms with van der Waals surface area (Å²) in [6.45, 7) is -0.822. The maximum atomic E-state index is 13.3. The average molecular weight is 291 g/mol. The van der Waals surface area contributed by atoms with E-state index in [2.05, 4.69) is 15.4 Å². The van der Waals surface area contributed by atoms with E-state index in [1.54, 1.807) is 0 Å². The predicted octanol–water partition coefficient (Wildman–Crippen LogP) is 1.95. The number of anilines is 2. The van der Waals surface area contributed by atoms with Crippen molar-refractivity contribution >= 4 is 17.3 Å². The van der Waals surface area contributed by atoms with E-state index in [0.29, 0.717) is 6.54 Å². The Balaban J connectivity index is 2.71. The lowest BCUT2D eigenvalue weighted by Crippen LogP contribution is -2.30. The summed E-state index contributed by atoms with van der Waals surface area (Å²) in [7, 11) is 0. The van der Waals surface area contributed by atoms with Crippen molar-refractivity contribution in [3.63, 3.8) is 0 Å². The summed E-state index contributed by atoms with van der Waals surface area (Å²) in [6, 6.07) is 1.84. The van der Waals surface area contributed by atoms with Crippen molar-refractivity contribution in [3.8, 4) is 5.75 Å². The molecule has 0 saturated heterocycles. The molecule has 4 N–H and O–H groups in total. The Morgan fingerprint density at radius 1 is 1.45 bits per heavy atom. The Labute approximate surface area is 114 Å². The molecule has 5 nitrogen and oxygen atoms in total. The van der Waals surface area contributed by atoms with E-state index in [4.69, 9.17) is 5.73 Å². The van der Waals surface area contributed by atoms with E-state index in [1.807, 2.05) is 6.92 Å². The summed E-state index contributed by atoms with van der Waals surface area (Å²) in [4.78, 5) is 11.4. The second kappa shape index (κ2) is 7.46. The van der Waals surface area contributed by atoms with Crippen LogP contribution in [-0.2, 0) is 4.79 Å². The number of amides is 1. The topological polar surface area (TPSA) is 76.4 Å². The highest BCUT2D eigenvalue weighted by Gasteiger charge is 2.13. The highest BCUT2D eigenvalue weighted by Crippen LogP contribution is 2.29. The van der Waals surface area contributed by atoms with Crippen LogP contribution >= 0.6 is 0 Å². The Morgan fingerprint density at radius 3 is 2.75 bits per heavy atom. The predicted molar refractivity (Wildman–Crippen MR) is 69.2 cm³/mol. The van der Waals surface area contributed by atoms with Gasteiger partial charge >= 0.3 is 6.61 Å². The van der Waals surface area contributed by atoms with E-state index < -0.39 is 18.2 Å². The van der Waals surface area contributed by atoms with Crippen molar-refractivity contribution in [1.82, 2.24) is 5.32 Å². The average Bonchev–Trinajstić information content (AvgIpc) is 2.37. The van der Waals surface area contributed by atoms with Gasteiger partial charge in [-0.15, -0.1) is 0 Å². The first kappa shape index (κ1) is 15.9. The van der Waals surface area contributed by atoms with E-state index >= 15 is 0 Å². The molecule has 0 aliphatic carbocycles. The summed E-state index contributed by atoms with van der Waals surface area (Å²) in [5.74, 6) is -1.92. The largest absolute Gasteiger partial charge is 0.432 e. The lowest BCUT2D eigenvalue weighted by atomic mass is 10.2. The minimum atomic E-state index is -3.14. The number of halogens is 3. The summed E-state index contributed by atoms with van der Waals surface area (Å²) in [5.41, 5.74) is 5.67. The van der Waals surface area contributed by atoms with Crippen LogP contribution in [0.5, 0.6) is 5.75 Å². The normalized spacial score (nSPS) is 10.4. The summed E-state index contributed by atoms with van der Waals surface area (Å²) in [6.07, 6.45) is 0.788. The Bertz CT molecular complexity index is 470. The minimum absolute atomic E-state index is 0.00703. The number of nitrogens with two attached hydrogens (primary N) is 1. The van der Waals surface area contributed by atoms with Crippen LogP contribution in [0.25, 0.3) is 0 Å². The van der Waals surface area contributed by atoms with Gasteiger partial charge in [0.05, 0.1) is 17.9 Å². The standard InChI is InChI=1S/C12H16F3N3O2/c1-2-3-17-11(19)6-18-9-5-10(20-12(14)15)7(13)4-8(9)16/h4-5,12,18H,2-3,6,16H2,1H3,(H,17,19). The molecule has 0 spiro atoms. The molecule has 0 heterocycles. The number of benzene rings is 1. The molecule has 0 saturated carbocycles. The van der Waals surface area contributed by atoms with Crippen LogP contribution in [0.1, 0.15) is 13.3 Å². The Hall–Kier alpha value is -2.12. The van der Waals surface area contributed by atoms with Crippen molar-refractivity contribution in [2.75, 3.05) is 24.1 Å². The molecular formula is C12H16F3N3O2. The van der Waals surface area contributed by atoms with E-state index in [9.17, 15) is 18.0 Å². The lowest BCUT2D eigenvalue weighted by molar-refractivity contribution is -0.119. The van der Waals surface area contributed by atoms with Crippen LogP contribution in [0.15, 0.2) is 12.1 Å². The molecule has 0 fully saturated rings. The molecule has 0 aromatic heterocycles. The van der Waals surface area contributed by atoms with Crippen molar-refractivity contribution < 1.29 is 22.7 Å². The molecule has 0 aliphatic rings. The fraction of sp³-hybridized carbons (Fsp3) is 0.417. The second-order valence-electron chi connectivity index (χ2n) is 3.95. The molecule has 0 radical (unpaired) electrons. The van der Waals surface area contributed by atoms with Gasteiger partial charge < -0.3 is 21.1 Å². The highest BCUT2D eigenvalue weighted by atomic mass is 19.3. The summed E-state index contributed by atoms with van der Waals surface area (Å²) < 4.78 is 41.5. The fourth-order valence-electron chi connectivity index (χ4n) is 1.41. The van der Waals surface area contributed by atoms with Gasteiger partial charge in [-0.05, 0) is 6.42 Å². The molecule has 0 bridgehead atoms. The van der Waals surface area contributed by atoms with Gasteiger partial charge in [-0.2, -0.15) is 8.78 Å². The number of hydrogen-bond donors (Lipinski definition) is 3. The number of alkyl halides is 2. The molecule has 1 rings (SSSR count). The number of nitrogen functional groups attached to an aromatic ring is 1. The fourth-order valence-corrected chi connectivity index (χ4v) is 1.41. The summed E-state index contributed by atoms with van der Waals surface area (Å²) in [5, 5.41) is 5.25. The van der Waals surface area contributed by atoms with Crippen LogP contribution in [0.2, 0.25) is 0 Å². The first-order valence-electron chi connectivity index (χ1n) is 5.98. The third-order valence-corrected chi connectivity index (χ3v) is 2.33. The molecule has 112 valence electrons. The zero-order valence-corrected chi connectivity index (χ0v) is 10.9. The van der Waals surface area contributed by atoms with Gasteiger partial charge in [0, 0.05) is 18.7 Å². The number of carbonyl (C=O) groups excluding carboxylic acids is 1. The van der Waals surface area contributed by atoms with E-state index in [0.717, 1.165) is 18.6 Å². The maximum Gasteiger partial charge on any atom is 0.387 e. The van der Waals surface area contributed by atoms with Gasteiger partial charge in [0.1, 0.15) is 0 Å². The van der Waals surface area contributed by atoms with E-state index in [-0.39, 0.29) is 23.8 Å². The molecule has 0 atom stereocenters. The molecular weight excluding hydrogens is 275 g/mol. The number of rotatable bonds is 7. The molecule has 0 unspecified atom stereocenters. The summed E-state index contributed by atoms with van der Waals surface area (Å²) >= 11 is 0. The minimum Gasteiger partial charge on any atom is -0.432 e. The second-order valence-corrected chi connectivity index (χ2v) is 3.95. The molecule has 1 aromatic carbocycles. The van der Waals surface area contributed by atoms with Gasteiger partial charge in [0.15, 0.2) is 11.6 Å². The molecule has 1 aromatic rings. The SMILES string of the molecule is CCCNC(=O)CNc1cc(OC(F)F)c(F)cc1N. The molecule has 8 heteroatoms. The van der Waals surface area contributed by atoms with Gasteiger partial charge in [-0.3, -0.25) is 4.79 Å². The Morgan fingerprint density at radius 2 is 2.15 bits per heavy atom. The van der Waals surface area contributed by atoms with Crippen LogP contribution in [0, 0.1) is 5.82 Å². The smallest absolute Gasteiger partial charge is 0.387 e. The lowest BCUT2D eigenvalue weighted by Gasteiger charge is -2.12. The number of ether oxygens (including phenoxy) is 1. The van der Waals surface area contributed by atoms with Gasteiger partial charge in [-0.25, -0.2) is 4.39 Å². The quantitative estimate of drug-likeness (QED) is 0.671. The van der Waals surface area contributed by atoms with Crippen LogP contribution in [-0.4, -0.2) is 25.6 Å². The third-order valence-electron chi connectivity index (χ3n) is 2.33. The zero-order chi connectivity index (χ0) is 15.1. The van der Waals surface area contributed by atoms with Gasteiger partial charge in [-0.1, -0.05) is 6.92 Å². The van der Waals surface area contributed by atoms with Gasteiger partial charge in [0.2, 0.25) is 5.91 Å². The van der Waals surface area contributed by atoms with Crippen molar-refractivity contribution in [3.05, 3.63) is 17.9 Å².